The lowest BCUT2D eigenvalue weighted by atomic mass is 10.1. The Morgan fingerprint density at radius 1 is 0.875 bits per heavy atom. The molecule has 0 unspecified atom stereocenters. The number of nitrogens with zero attached hydrogens (tertiary/aromatic N) is 1. The molecule has 0 radical (unpaired) electrons. The Morgan fingerprint density at radius 3 is 2.17 bits per heavy atom. The van der Waals surface area contributed by atoms with E-state index in [0.29, 0.717) is 47.0 Å². The fourth-order valence-electron chi connectivity index (χ4n) is 4.85. The van der Waals surface area contributed by atoms with E-state index in [-0.39, 0.29) is 5.43 Å². The summed E-state index contributed by atoms with van der Waals surface area (Å²) in [7, 11) is 0. The summed E-state index contributed by atoms with van der Waals surface area (Å²) >= 11 is 0. The second kappa shape index (κ2) is 13.0. The Bertz CT molecular complexity index is 1560. The molecular weight excluding hydrogens is 498 g/mol. The normalized spacial score (nSPS) is 14.0. The average Bonchev–Trinajstić information content (AvgIpc) is 3.00. The third-order valence-electron chi connectivity index (χ3n) is 7.07. The largest absolute Gasteiger partial charge is 0.485 e. The van der Waals surface area contributed by atoms with Crippen LogP contribution in [0.2, 0.25) is 0 Å². The van der Waals surface area contributed by atoms with Crippen LogP contribution >= 0.6 is 0 Å². The van der Waals surface area contributed by atoms with Crippen molar-refractivity contribution in [1.82, 2.24) is 4.90 Å². The van der Waals surface area contributed by atoms with E-state index in [1.54, 1.807) is 12.1 Å². The Labute approximate surface area is 235 Å². The molecule has 0 atom stereocenters. The second-order valence-electron chi connectivity index (χ2n) is 9.91. The molecule has 4 aromatic rings. The number of hydrogen-bond acceptors (Lipinski definition) is 5. The van der Waals surface area contributed by atoms with Crippen molar-refractivity contribution in [2.45, 2.75) is 39.4 Å². The monoisotopic (exact) mass is 533 g/mol. The van der Waals surface area contributed by atoms with Gasteiger partial charge in [0.25, 0.3) is 0 Å². The van der Waals surface area contributed by atoms with Crippen LogP contribution in [0.1, 0.15) is 43.1 Å². The highest BCUT2D eigenvalue weighted by Gasteiger charge is 2.18. The highest BCUT2D eigenvalue weighted by molar-refractivity contribution is 5.86. The van der Waals surface area contributed by atoms with Gasteiger partial charge in [0, 0.05) is 30.4 Å². The first-order valence-corrected chi connectivity index (χ1v) is 13.9. The van der Waals surface area contributed by atoms with Crippen LogP contribution in [0.3, 0.4) is 0 Å². The van der Waals surface area contributed by atoms with E-state index in [2.05, 4.69) is 17.6 Å². The minimum Gasteiger partial charge on any atom is -0.485 e. The third-order valence-corrected chi connectivity index (χ3v) is 7.07. The highest BCUT2D eigenvalue weighted by atomic mass is 16.5. The van der Waals surface area contributed by atoms with Gasteiger partial charge in [-0.3, -0.25) is 4.79 Å². The molecule has 3 aromatic carbocycles. The van der Waals surface area contributed by atoms with Crippen molar-refractivity contribution in [3.63, 3.8) is 0 Å². The molecule has 1 fully saturated rings. The van der Waals surface area contributed by atoms with Gasteiger partial charge < -0.3 is 18.8 Å². The second-order valence-corrected chi connectivity index (χ2v) is 9.91. The topological polar surface area (TPSA) is 51.9 Å². The predicted octanol–water partition coefficient (Wildman–Crippen LogP) is 7.91. The van der Waals surface area contributed by atoms with E-state index in [4.69, 9.17) is 13.9 Å². The Kier molecular flexibility index (Phi) is 8.82. The minimum atomic E-state index is -0.160. The van der Waals surface area contributed by atoms with Gasteiger partial charge in [-0.15, -0.1) is 0 Å². The van der Waals surface area contributed by atoms with E-state index in [1.807, 2.05) is 79.7 Å². The summed E-state index contributed by atoms with van der Waals surface area (Å²) < 4.78 is 18.8. The number of ether oxygens (including phenoxy) is 2. The molecule has 1 aliphatic rings. The van der Waals surface area contributed by atoms with Crippen LogP contribution in [0, 0.1) is 0 Å². The molecular formula is C35H35NO4. The van der Waals surface area contributed by atoms with Crippen molar-refractivity contribution in [3.05, 3.63) is 136 Å². The molecule has 1 aromatic heterocycles. The number of likely N-dealkylation sites (tertiary alicyclic amines) is 1. The summed E-state index contributed by atoms with van der Waals surface area (Å²) in [5.41, 5.74) is 3.97. The van der Waals surface area contributed by atoms with Gasteiger partial charge in [0.15, 0.2) is 16.8 Å². The third kappa shape index (κ3) is 6.55. The Morgan fingerprint density at radius 2 is 1.52 bits per heavy atom. The SMILES string of the molecule is C=C(/C=C\C(=C/C)N1CCCCC1)c1cc(=O)c2ccc(OCc3ccccc3)c(OCc3ccccc3)c2o1. The molecule has 0 bridgehead atoms. The number of rotatable bonds is 10. The van der Waals surface area contributed by atoms with E-state index < -0.39 is 0 Å². The van der Waals surface area contributed by atoms with Crippen LogP contribution < -0.4 is 14.9 Å². The molecule has 0 aliphatic carbocycles. The van der Waals surface area contributed by atoms with Gasteiger partial charge in [0.1, 0.15) is 19.0 Å². The van der Waals surface area contributed by atoms with Crippen LogP contribution in [0.15, 0.2) is 119 Å². The molecule has 204 valence electrons. The summed E-state index contributed by atoms with van der Waals surface area (Å²) in [5.74, 6) is 1.30. The standard InChI is InChI=1S/C35H35NO4/c1-3-29(36-21-11-6-12-22-36)18-17-26(2)33-23-31(37)30-19-20-32(38-24-27-13-7-4-8-14-27)35(34(30)40-33)39-25-28-15-9-5-10-16-28/h3-5,7-10,13-20,23H,2,6,11-12,21-22,24-25H2,1H3/b18-17-,29-3+. The van der Waals surface area contributed by atoms with Crippen molar-refractivity contribution < 1.29 is 13.9 Å². The fraction of sp³-hybridized carbons (Fsp3) is 0.229. The van der Waals surface area contributed by atoms with Gasteiger partial charge in [-0.25, -0.2) is 0 Å². The van der Waals surface area contributed by atoms with Crippen molar-refractivity contribution in [2.75, 3.05) is 13.1 Å². The summed E-state index contributed by atoms with van der Waals surface area (Å²) in [4.78, 5) is 15.6. The molecule has 1 aliphatic heterocycles. The lowest BCUT2D eigenvalue weighted by molar-refractivity contribution is 0.255. The smallest absolute Gasteiger partial charge is 0.205 e. The Balaban J connectivity index is 1.48. The van der Waals surface area contributed by atoms with Crippen LogP contribution in [-0.2, 0) is 13.2 Å². The maximum atomic E-state index is 13.2. The fourth-order valence-corrected chi connectivity index (χ4v) is 4.85. The molecule has 5 nitrogen and oxygen atoms in total. The average molecular weight is 534 g/mol. The quantitative estimate of drug-likeness (QED) is 0.194. The Hall–Kier alpha value is -4.51. The molecule has 40 heavy (non-hydrogen) atoms. The van der Waals surface area contributed by atoms with E-state index in [0.717, 1.165) is 29.9 Å². The van der Waals surface area contributed by atoms with Gasteiger partial charge in [0.05, 0.1) is 5.39 Å². The predicted molar refractivity (Wildman–Crippen MR) is 161 cm³/mol. The molecule has 0 spiro atoms. The van der Waals surface area contributed by atoms with Crippen molar-refractivity contribution in [1.29, 1.82) is 0 Å². The van der Waals surface area contributed by atoms with Crippen LogP contribution in [0.4, 0.5) is 0 Å². The summed E-state index contributed by atoms with van der Waals surface area (Å²) in [5, 5.41) is 0.429. The van der Waals surface area contributed by atoms with Gasteiger partial charge in [-0.05, 0) is 61.6 Å². The van der Waals surface area contributed by atoms with Crippen molar-refractivity contribution >= 4 is 16.5 Å². The first kappa shape index (κ1) is 27.1. The van der Waals surface area contributed by atoms with Gasteiger partial charge in [-0.1, -0.05) is 73.3 Å². The highest BCUT2D eigenvalue weighted by Crippen LogP contribution is 2.37. The molecule has 0 saturated carbocycles. The maximum absolute atomic E-state index is 13.2. The van der Waals surface area contributed by atoms with E-state index in [1.165, 1.54) is 25.3 Å². The lowest BCUT2D eigenvalue weighted by Crippen LogP contribution is -2.28. The number of fused-ring (bicyclic) bond motifs is 1. The number of benzene rings is 3. The first-order valence-electron chi connectivity index (χ1n) is 13.9. The van der Waals surface area contributed by atoms with Crippen LogP contribution in [0.25, 0.3) is 16.5 Å². The maximum Gasteiger partial charge on any atom is 0.205 e. The lowest BCUT2D eigenvalue weighted by Gasteiger charge is -2.29. The van der Waals surface area contributed by atoms with Crippen LogP contribution in [-0.4, -0.2) is 18.0 Å². The van der Waals surface area contributed by atoms with Crippen molar-refractivity contribution in [3.8, 4) is 11.5 Å². The zero-order chi connectivity index (χ0) is 27.7. The van der Waals surface area contributed by atoms with Gasteiger partial charge in [-0.2, -0.15) is 0 Å². The molecule has 2 heterocycles. The van der Waals surface area contributed by atoms with Gasteiger partial charge >= 0.3 is 0 Å². The molecule has 5 rings (SSSR count). The molecule has 0 N–H and O–H groups in total. The summed E-state index contributed by atoms with van der Waals surface area (Å²) in [6.07, 6.45) is 9.74. The number of allylic oxidation sites excluding steroid dienone is 4. The molecule has 0 amide bonds. The van der Waals surface area contributed by atoms with E-state index >= 15 is 0 Å². The number of hydrogen-bond donors (Lipinski definition) is 0. The van der Waals surface area contributed by atoms with Crippen molar-refractivity contribution in [2.24, 2.45) is 0 Å². The summed E-state index contributed by atoms with van der Waals surface area (Å²) in [6, 6.07) is 24.8. The van der Waals surface area contributed by atoms with E-state index in [9.17, 15) is 4.79 Å². The number of piperidine rings is 1. The van der Waals surface area contributed by atoms with Gasteiger partial charge in [0.2, 0.25) is 5.75 Å². The first-order chi connectivity index (χ1) is 19.6. The zero-order valence-electron chi connectivity index (χ0n) is 23.0. The molecule has 1 saturated heterocycles. The summed E-state index contributed by atoms with van der Waals surface area (Å²) in [6.45, 7) is 9.01. The minimum absolute atomic E-state index is 0.160. The van der Waals surface area contributed by atoms with Crippen LogP contribution in [0.5, 0.6) is 11.5 Å². The zero-order valence-corrected chi connectivity index (χ0v) is 23.0. The molecule has 5 heteroatoms.